The minimum Gasteiger partial charge on any atom is -0.480 e. The van der Waals surface area contributed by atoms with Crippen LogP contribution in [0.2, 0.25) is 0 Å². The molecule has 1 fully saturated rings. The third-order valence-corrected chi connectivity index (χ3v) is 5.00. The first kappa shape index (κ1) is 28.0. The number of likely N-dealkylation sites (tertiary alicyclic amines) is 1. The molecule has 12 heteroatoms. The summed E-state index contributed by atoms with van der Waals surface area (Å²) in [5.41, 5.74) is 9.78. The first-order valence-electron chi connectivity index (χ1n) is 11.1. The van der Waals surface area contributed by atoms with Crippen molar-refractivity contribution >= 4 is 29.8 Å². The van der Waals surface area contributed by atoms with E-state index in [9.17, 15) is 24.3 Å². The van der Waals surface area contributed by atoms with Crippen LogP contribution in [0.25, 0.3) is 0 Å². The summed E-state index contributed by atoms with van der Waals surface area (Å²) < 4.78 is 5.26. The maximum atomic E-state index is 13.2. The number of hydrogen-bond acceptors (Lipinski definition) is 6. The molecule has 1 heterocycles. The van der Waals surface area contributed by atoms with Gasteiger partial charge in [-0.3, -0.25) is 14.6 Å². The highest BCUT2D eigenvalue weighted by atomic mass is 16.6. The Balaban J connectivity index is 2.85. The number of ether oxygens (including phenoxy) is 1. The van der Waals surface area contributed by atoms with Crippen LogP contribution in [-0.2, 0) is 19.1 Å². The van der Waals surface area contributed by atoms with Crippen LogP contribution < -0.4 is 22.1 Å². The number of rotatable bonds is 10. The van der Waals surface area contributed by atoms with E-state index in [2.05, 4.69) is 15.6 Å². The van der Waals surface area contributed by atoms with Crippen molar-refractivity contribution in [1.29, 1.82) is 0 Å². The molecular weight excluding hydrogens is 432 g/mol. The minimum absolute atomic E-state index is 0.0919. The lowest BCUT2D eigenvalue weighted by atomic mass is 10.0. The largest absolute Gasteiger partial charge is 0.480 e. The number of aliphatic carboxylic acids is 1. The van der Waals surface area contributed by atoms with Gasteiger partial charge < -0.3 is 36.8 Å². The molecule has 3 atom stereocenters. The van der Waals surface area contributed by atoms with Crippen LogP contribution in [0.5, 0.6) is 0 Å². The van der Waals surface area contributed by atoms with Crippen molar-refractivity contribution in [3.63, 3.8) is 0 Å². The van der Waals surface area contributed by atoms with Crippen LogP contribution in [0.15, 0.2) is 4.99 Å². The molecule has 0 aromatic heterocycles. The average molecular weight is 471 g/mol. The molecule has 0 aromatic rings. The third-order valence-electron chi connectivity index (χ3n) is 5.00. The first-order valence-corrected chi connectivity index (χ1v) is 11.1. The van der Waals surface area contributed by atoms with Gasteiger partial charge in [0.25, 0.3) is 0 Å². The van der Waals surface area contributed by atoms with Gasteiger partial charge in [-0.25, -0.2) is 9.59 Å². The van der Waals surface area contributed by atoms with Gasteiger partial charge >= 0.3 is 12.1 Å². The summed E-state index contributed by atoms with van der Waals surface area (Å²) in [6, 6.07) is -2.84. The van der Waals surface area contributed by atoms with E-state index in [0.717, 1.165) is 0 Å². The minimum atomic E-state index is -1.18. The number of carboxylic acid groups (broad SMARTS) is 1. The number of carboxylic acids is 1. The number of nitrogens with zero attached hydrogens (tertiary/aromatic N) is 2. The van der Waals surface area contributed by atoms with Gasteiger partial charge in [-0.15, -0.1) is 0 Å². The molecule has 0 radical (unpaired) electrons. The molecule has 0 aliphatic carbocycles. The highest BCUT2D eigenvalue weighted by Gasteiger charge is 2.40. The van der Waals surface area contributed by atoms with Crippen LogP contribution >= 0.6 is 0 Å². The van der Waals surface area contributed by atoms with Crippen molar-refractivity contribution in [2.45, 2.75) is 84.0 Å². The molecule has 1 saturated heterocycles. The first-order chi connectivity index (χ1) is 15.2. The Bertz CT molecular complexity index is 744. The number of aliphatic imine (C=N–C) groups is 1. The smallest absolute Gasteiger partial charge is 0.408 e. The van der Waals surface area contributed by atoms with Crippen LogP contribution in [-0.4, -0.2) is 76.7 Å². The Kier molecular flexibility index (Phi) is 10.4. The van der Waals surface area contributed by atoms with Crippen molar-refractivity contribution in [2.24, 2.45) is 22.4 Å². The molecule has 1 aliphatic heterocycles. The highest BCUT2D eigenvalue weighted by Crippen LogP contribution is 2.21. The Labute approximate surface area is 194 Å². The fraction of sp³-hybridized carbons (Fsp3) is 0.762. The molecule has 7 N–H and O–H groups in total. The Morgan fingerprint density at radius 2 is 1.82 bits per heavy atom. The second-order valence-corrected chi connectivity index (χ2v) is 9.41. The number of alkyl carbamates (subject to hydrolysis) is 1. The van der Waals surface area contributed by atoms with E-state index < -0.39 is 47.6 Å². The van der Waals surface area contributed by atoms with Gasteiger partial charge in [-0.1, -0.05) is 13.8 Å². The Hall–Kier alpha value is -3.05. The van der Waals surface area contributed by atoms with E-state index in [1.54, 1.807) is 34.6 Å². The zero-order valence-corrected chi connectivity index (χ0v) is 20.1. The lowest BCUT2D eigenvalue weighted by molar-refractivity contribution is -0.144. The zero-order chi connectivity index (χ0) is 25.3. The number of amides is 3. The summed E-state index contributed by atoms with van der Waals surface area (Å²) in [5, 5.41) is 14.6. The summed E-state index contributed by atoms with van der Waals surface area (Å²) in [7, 11) is 0. The fourth-order valence-corrected chi connectivity index (χ4v) is 3.46. The Morgan fingerprint density at radius 1 is 1.18 bits per heavy atom. The summed E-state index contributed by atoms with van der Waals surface area (Å²) in [6.07, 6.45) is 0.755. The molecule has 12 nitrogen and oxygen atoms in total. The molecule has 188 valence electrons. The van der Waals surface area contributed by atoms with Crippen LogP contribution in [0.3, 0.4) is 0 Å². The second-order valence-electron chi connectivity index (χ2n) is 9.41. The molecule has 0 bridgehead atoms. The monoisotopic (exact) mass is 470 g/mol. The zero-order valence-electron chi connectivity index (χ0n) is 20.1. The van der Waals surface area contributed by atoms with Crippen LogP contribution in [0, 0.1) is 5.92 Å². The molecule has 0 aromatic carbocycles. The fourth-order valence-electron chi connectivity index (χ4n) is 3.46. The summed E-state index contributed by atoms with van der Waals surface area (Å²) in [6.45, 7) is 9.28. The molecule has 0 saturated carbocycles. The number of carbonyl (C=O) groups is 4. The maximum absolute atomic E-state index is 13.2. The lowest BCUT2D eigenvalue weighted by Crippen LogP contribution is -2.57. The van der Waals surface area contributed by atoms with Gasteiger partial charge in [-0.05, 0) is 52.4 Å². The number of carbonyl (C=O) groups excluding carboxylic acids is 3. The predicted octanol–water partition coefficient (Wildman–Crippen LogP) is 0.150. The molecule has 0 spiro atoms. The van der Waals surface area contributed by atoms with E-state index in [1.807, 2.05) is 0 Å². The molecular formula is C21H38N6O6. The van der Waals surface area contributed by atoms with Crippen LogP contribution in [0.1, 0.15) is 60.3 Å². The molecule has 3 amide bonds. The van der Waals surface area contributed by atoms with Gasteiger partial charge in [0, 0.05) is 13.1 Å². The van der Waals surface area contributed by atoms with E-state index in [-0.39, 0.29) is 24.8 Å². The van der Waals surface area contributed by atoms with E-state index in [0.29, 0.717) is 25.8 Å². The number of nitrogens with one attached hydrogen (secondary N) is 2. The van der Waals surface area contributed by atoms with Crippen molar-refractivity contribution in [3.8, 4) is 0 Å². The number of hydrogen-bond donors (Lipinski definition) is 5. The molecule has 1 aliphatic rings. The van der Waals surface area contributed by atoms with Crippen LogP contribution in [0.4, 0.5) is 4.79 Å². The van der Waals surface area contributed by atoms with Gasteiger partial charge in [0.15, 0.2) is 5.96 Å². The van der Waals surface area contributed by atoms with Crippen molar-refractivity contribution < 1.29 is 29.0 Å². The molecule has 0 unspecified atom stereocenters. The SMILES string of the molecule is CC(C)[C@H](NC(=O)OC(C)(C)C)C(=O)N1CCC[C@H]1C(=O)N[C@@H](CCCN=C(N)N)C(=O)O. The number of guanidine groups is 1. The van der Waals surface area contributed by atoms with Crippen molar-refractivity contribution in [2.75, 3.05) is 13.1 Å². The van der Waals surface area contributed by atoms with E-state index in [4.69, 9.17) is 16.2 Å². The normalized spacial score (nSPS) is 17.8. The van der Waals surface area contributed by atoms with Gasteiger partial charge in [-0.2, -0.15) is 0 Å². The van der Waals surface area contributed by atoms with Gasteiger partial charge in [0.05, 0.1) is 0 Å². The second kappa shape index (κ2) is 12.3. The van der Waals surface area contributed by atoms with Gasteiger partial charge in [0.1, 0.15) is 23.7 Å². The number of nitrogens with two attached hydrogens (primary N) is 2. The predicted molar refractivity (Wildman–Crippen MR) is 122 cm³/mol. The summed E-state index contributed by atoms with van der Waals surface area (Å²) in [4.78, 5) is 55.1. The Morgan fingerprint density at radius 3 is 2.33 bits per heavy atom. The van der Waals surface area contributed by atoms with E-state index >= 15 is 0 Å². The topological polar surface area (TPSA) is 189 Å². The van der Waals surface area contributed by atoms with E-state index in [1.165, 1.54) is 4.90 Å². The quantitative estimate of drug-likeness (QED) is 0.169. The van der Waals surface area contributed by atoms with Gasteiger partial charge in [0.2, 0.25) is 11.8 Å². The van der Waals surface area contributed by atoms with Crippen molar-refractivity contribution in [1.82, 2.24) is 15.5 Å². The molecule has 1 rings (SSSR count). The maximum Gasteiger partial charge on any atom is 0.408 e. The third kappa shape index (κ3) is 9.54. The standard InChI is InChI=1S/C21H38N6O6/c1-12(2)15(26-20(32)33-21(3,4)5)17(29)27-11-7-9-14(27)16(28)25-13(18(30)31)8-6-10-24-19(22)23/h12-15H,6-11H2,1-5H3,(H,25,28)(H,26,32)(H,30,31)(H4,22,23,24)/t13-,14-,15-/m0/s1. The average Bonchev–Trinajstić information content (AvgIpc) is 3.15. The highest BCUT2D eigenvalue weighted by molar-refractivity contribution is 5.93. The summed E-state index contributed by atoms with van der Waals surface area (Å²) in [5.74, 6) is -2.49. The summed E-state index contributed by atoms with van der Waals surface area (Å²) >= 11 is 0. The lowest BCUT2D eigenvalue weighted by Gasteiger charge is -2.31. The van der Waals surface area contributed by atoms with Crippen molar-refractivity contribution in [3.05, 3.63) is 0 Å². The molecule has 33 heavy (non-hydrogen) atoms.